The third-order valence-electron chi connectivity index (χ3n) is 3.98. The maximum absolute atomic E-state index is 12.2. The van der Waals surface area contributed by atoms with Crippen LogP contribution in [0, 0.1) is 0 Å². The molecule has 0 saturated carbocycles. The Morgan fingerprint density at radius 1 is 0.963 bits per heavy atom. The first-order valence-electron chi connectivity index (χ1n) is 9.32. The molecule has 0 bridgehead atoms. The Balaban J connectivity index is 1.72. The van der Waals surface area contributed by atoms with Gasteiger partial charge in [-0.25, -0.2) is 0 Å². The third kappa shape index (κ3) is 6.85. The normalized spacial score (nSPS) is 11.7. The van der Waals surface area contributed by atoms with Gasteiger partial charge in [-0.05, 0) is 63.4 Å². The molecule has 1 amide bonds. The third-order valence-corrected chi connectivity index (χ3v) is 3.98. The van der Waals surface area contributed by atoms with E-state index in [0.717, 1.165) is 18.6 Å². The number of ether oxygens (including phenoxy) is 3. The molecule has 0 heterocycles. The van der Waals surface area contributed by atoms with Gasteiger partial charge in [0.15, 0.2) is 17.6 Å². The fourth-order valence-electron chi connectivity index (χ4n) is 2.61. The predicted molar refractivity (Wildman–Crippen MR) is 107 cm³/mol. The molecule has 0 saturated heterocycles. The first kappa shape index (κ1) is 20.6. The maximum Gasteiger partial charge on any atom is 0.260 e. The molecule has 0 radical (unpaired) electrons. The molecule has 0 unspecified atom stereocenters. The number of hydrogen-bond acceptors (Lipinski definition) is 4. The smallest absolute Gasteiger partial charge is 0.260 e. The van der Waals surface area contributed by atoms with Crippen LogP contribution in [0.4, 0.5) is 0 Å². The van der Waals surface area contributed by atoms with Crippen LogP contribution in [0.25, 0.3) is 0 Å². The monoisotopic (exact) mass is 371 g/mol. The Bertz CT molecular complexity index is 713. The molecule has 0 aliphatic rings. The zero-order valence-corrected chi connectivity index (χ0v) is 16.5. The number of carbonyl (C=O) groups excluding carboxylic acids is 1. The topological polar surface area (TPSA) is 56.8 Å². The van der Waals surface area contributed by atoms with E-state index >= 15 is 0 Å². The Morgan fingerprint density at radius 3 is 2.26 bits per heavy atom. The van der Waals surface area contributed by atoms with Gasteiger partial charge in [0.2, 0.25) is 0 Å². The number of benzene rings is 2. The highest BCUT2D eigenvalue weighted by atomic mass is 16.5. The summed E-state index contributed by atoms with van der Waals surface area (Å²) in [5.74, 6) is 1.92. The van der Waals surface area contributed by atoms with Crippen LogP contribution < -0.4 is 19.5 Å². The Labute approximate surface area is 161 Å². The van der Waals surface area contributed by atoms with Crippen molar-refractivity contribution in [2.24, 2.45) is 0 Å². The molecule has 0 aliphatic carbocycles. The Hall–Kier alpha value is -2.69. The average Bonchev–Trinajstić information content (AvgIpc) is 2.66. The lowest BCUT2D eigenvalue weighted by Gasteiger charge is -2.16. The van der Waals surface area contributed by atoms with Crippen molar-refractivity contribution in [2.75, 3.05) is 13.7 Å². The van der Waals surface area contributed by atoms with Crippen molar-refractivity contribution in [3.63, 3.8) is 0 Å². The summed E-state index contributed by atoms with van der Waals surface area (Å²) in [6.45, 7) is 6.35. The molecule has 0 spiro atoms. The number of para-hydroxylation sites is 2. The molecule has 146 valence electrons. The lowest BCUT2D eigenvalue weighted by molar-refractivity contribution is -0.127. The Kier molecular flexibility index (Phi) is 7.99. The second-order valence-electron chi connectivity index (χ2n) is 6.62. The SMILES string of the molecule is COc1ccccc1O[C@H](C)C(=O)NCCCc1ccc(OC(C)C)cc1. The summed E-state index contributed by atoms with van der Waals surface area (Å²) in [5, 5.41) is 2.92. The fourth-order valence-corrected chi connectivity index (χ4v) is 2.61. The van der Waals surface area contributed by atoms with Crippen LogP contribution in [-0.4, -0.2) is 31.8 Å². The fraction of sp³-hybridized carbons (Fsp3) is 0.409. The van der Waals surface area contributed by atoms with Crippen LogP contribution in [0.1, 0.15) is 32.8 Å². The molecule has 1 atom stereocenters. The molecule has 5 heteroatoms. The summed E-state index contributed by atoms with van der Waals surface area (Å²) in [7, 11) is 1.58. The molecular formula is C22H29NO4. The number of amides is 1. The minimum atomic E-state index is -0.589. The highest BCUT2D eigenvalue weighted by Gasteiger charge is 2.16. The molecule has 0 fully saturated rings. The lowest BCUT2D eigenvalue weighted by Crippen LogP contribution is -2.37. The van der Waals surface area contributed by atoms with E-state index in [2.05, 4.69) is 17.4 Å². The van der Waals surface area contributed by atoms with Crippen molar-refractivity contribution in [3.05, 3.63) is 54.1 Å². The largest absolute Gasteiger partial charge is 0.493 e. The second kappa shape index (κ2) is 10.5. The van der Waals surface area contributed by atoms with Gasteiger partial charge in [-0.15, -0.1) is 0 Å². The van der Waals surface area contributed by atoms with Gasteiger partial charge in [-0.3, -0.25) is 4.79 Å². The summed E-state index contributed by atoms with van der Waals surface area (Å²) in [4.78, 5) is 12.2. The average molecular weight is 371 g/mol. The molecule has 2 rings (SSSR count). The van der Waals surface area contributed by atoms with E-state index in [1.54, 1.807) is 26.2 Å². The summed E-state index contributed by atoms with van der Waals surface area (Å²) in [6.07, 6.45) is 1.33. The second-order valence-corrected chi connectivity index (χ2v) is 6.62. The first-order chi connectivity index (χ1) is 13.0. The van der Waals surface area contributed by atoms with Gasteiger partial charge in [-0.2, -0.15) is 0 Å². The van der Waals surface area contributed by atoms with Crippen LogP contribution in [0.3, 0.4) is 0 Å². The number of rotatable bonds is 10. The van der Waals surface area contributed by atoms with Gasteiger partial charge in [-0.1, -0.05) is 24.3 Å². The van der Waals surface area contributed by atoms with E-state index in [-0.39, 0.29) is 12.0 Å². The summed E-state index contributed by atoms with van der Waals surface area (Å²) in [5.41, 5.74) is 1.22. The van der Waals surface area contributed by atoms with Crippen LogP contribution in [0.2, 0.25) is 0 Å². The van der Waals surface area contributed by atoms with Crippen LogP contribution in [-0.2, 0) is 11.2 Å². The van der Waals surface area contributed by atoms with Gasteiger partial charge in [0.1, 0.15) is 5.75 Å². The number of hydrogen-bond donors (Lipinski definition) is 1. The highest BCUT2D eigenvalue weighted by molar-refractivity contribution is 5.80. The van der Waals surface area contributed by atoms with Crippen molar-refractivity contribution >= 4 is 5.91 Å². The highest BCUT2D eigenvalue weighted by Crippen LogP contribution is 2.26. The minimum Gasteiger partial charge on any atom is -0.493 e. The van der Waals surface area contributed by atoms with Crippen molar-refractivity contribution < 1.29 is 19.0 Å². The van der Waals surface area contributed by atoms with Gasteiger partial charge < -0.3 is 19.5 Å². The molecule has 1 N–H and O–H groups in total. The predicted octanol–water partition coefficient (Wildman–Crippen LogP) is 4.00. The van der Waals surface area contributed by atoms with Gasteiger partial charge in [0.05, 0.1) is 13.2 Å². The van der Waals surface area contributed by atoms with Crippen LogP contribution in [0.5, 0.6) is 17.2 Å². The van der Waals surface area contributed by atoms with Crippen LogP contribution in [0.15, 0.2) is 48.5 Å². The zero-order chi connectivity index (χ0) is 19.6. The number of aryl methyl sites for hydroxylation is 1. The maximum atomic E-state index is 12.2. The molecule has 0 aliphatic heterocycles. The van der Waals surface area contributed by atoms with E-state index in [1.807, 2.05) is 38.1 Å². The zero-order valence-electron chi connectivity index (χ0n) is 16.5. The van der Waals surface area contributed by atoms with E-state index in [0.29, 0.717) is 18.0 Å². The Morgan fingerprint density at radius 2 is 1.63 bits per heavy atom. The summed E-state index contributed by atoms with van der Waals surface area (Å²) >= 11 is 0. The molecule has 0 aromatic heterocycles. The van der Waals surface area contributed by atoms with Gasteiger partial charge >= 0.3 is 0 Å². The quantitative estimate of drug-likeness (QED) is 0.642. The number of methoxy groups -OCH3 is 1. The molecule has 2 aromatic rings. The molecule has 27 heavy (non-hydrogen) atoms. The summed E-state index contributed by atoms with van der Waals surface area (Å²) < 4.78 is 16.6. The molecule has 2 aromatic carbocycles. The van der Waals surface area contributed by atoms with Crippen molar-refractivity contribution in [2.45, 2.75) is 45.8 Å². The van der Waals surface area contributed by atoms with Crippen LogP contribution >= 0.6 is 0 Å². The first-order valence-corrected chi connectivity index (χ1v) is 9.32. The number of nitrogens with one attached hydrogen (secondary N) is 1. The van der Waals surface area contributed by atoms with Crippen molar-refractivity contribution in [1.82, 2.24) is 5.32 Å². The lowest BCUT2D eigenvalue weighted by atomic mass is 10.1. The standard InChI is InChI=1S/C22H29NO4/c1-16(2)26-19-13-11-18(12-14-19)8-7-15-23-22(24)17(3)27-21-10-6-5-9-20(21)25-4/h5-6,9-14,16-17H,7-8,15H2,1-4H3,(H,23,24)/t17-/m1/s1. The van der Waals surface area contributed by atoms with Gasteiger partial charge in [0.25, 0.3) is 5.91 Å². The van der Waals surface area contributed by atoms with E-state index in [1.165, 1.54) is 5.56 Å². The van der Waals surface area contributed by atoms with Crippen molar-refractivity contribution in [1.29, 1.82) is 0 Å². The number of carbonyl (C=O) groups is 1. The minimum absolute atomic E-state index is 0.137. The van der Waals surface area contributed by atoms with Gasteiger partial charge in [0, 0.05) is 6.54 Å². The molecular weight excluding hydrogens is 342 g/mol. The summed E-state index contributed by atoms with van der Waals surface area (Å²) in [6, 6.07) is 15.4. The molecule has 5 nitrogen and oxygen atoms in total. The van der Waals surface area contributed by atoms with E-state index in [4.69, 9.17) is 14.2 Å². The van der Waals surface area contributed by atoms with E-state index in [9.17, 15) is 4.79 Å². The van der Waals surface area contributed by atoms with E-state index < -0.39 is 6.10 Å². The van der Waals surface area contributed by atoms with Crippen molar-refractivity contribution in [3.8, 4) is 17.2 Å².